The van der Waals surface area contributed by atoms with Gasteiger partial charge in [0.05, 0.1) is 0 Å². The zero-order valence-corrected chi connectivity index (χ0v) is 8.78. The smallest absolute Gasteiger partial charge is 0.324 e. The topological polar surface area (TPSA) is 74.6 Å². The molecule has 13 heavy (non-hydrogen) atoms. The summed E-state index contributed by atoms with van der Waals surface area (Å²) in [6.45, 7) is 1.34. The molecule has 1 atom stereocenters. The van der Waals surface area contributed by atoms with Gasteiger partial charge in [-0.25, -0.2) is 4.57 Å². The van der Waals surface area contributed by atoms with Gasteiger partial charge in [0.2, 0.25) is 7.37 Å². The van der Waals surface area contributed by atoms with Gasteiger partial charge in [-0.1, -0.05) is 18.2 Å². The predicted molar refractivity (Wildman–Crippen MR) is 51.7 cm³/mol. The van der Waals surface area contributed by atoms with Crippen LogP contribution in [-0.2, 0) is 9.13 Å². The molecule has 4 nitrogen and oxygen atoms in total. The molecule has 72 valence electrons. The van der Waals surface area contributed by atoms with Crippen molar-refractivity contribution in [2.75, 3.05) is 6.66 Å². The lowest BCUT2D eigenvalue weighted by molar-refractivity contribution is 0.496. The van der Waals surface area contributed by atoms with E-state index in [4.69, 9.17) is 14.4 Å². The number of hydrogen-bond acceptors (Lipinski definition) is 2. The molecular formula is C7H10O4P2. The molecule has 1 rings (SSSR count). The highest BCUT2D eigenvalue weighted by Crippen LogP contribution is 2.33. The minimum absolute atomic E-state index is 0.509. The Morgan fingerprint density at radius 1 is 1.31 bits per heavy atom. The summed E-state index contributed by atoms with van der Waals surface area (Å²) in [7, 11) is -3.85. The van der Waals surface area contributed by atoms with E-state index >= 15 is 0 Å². The third kappa shape index (κ3) is 5.67. The summed E-state index contributed by atoms with van der Waals surface area (Å²) in [4.78, 5) is 16.0. The summed E-state index contributed by atoms with van der Waals surface area (Å²) >= 11 is 0. The van der Waals surface area contributed by atoms with Crippen molar-refractivity contribution in [3.8, 4) is 0 Å². The molecule has 0 amide bonds. The van der Waals surface area contributed by atoms with E-state index in [2.05, 4.69) is 0 Å². The van der Waals surface area contributed by atoms with Crippen molar-refractivity contribution >= 4 is 21.4 Å². The van der Waals surface area contributed by atoms with Crippen molar-refractivity contribution < 1.29 is 18.9 Å². The molecule has 0 aliphatic heterocycles. The minimum Gasteiger partial charge on any atom is -0.341 e. The molecule has 1 aromatic carbocycles. The third-order valence-corrected chi connectivity index (χ3v) is 2.49. The average molecular weight is 220 g/mol. The van der Waals surface area contributed by atoms with Crippen molar-refractivity contribution in [3.63, 3.8) is 0 Å². The van der Waals surface area contributed by atoms with Crippen LogP contribution in [0.2, 0.25) is 0 Å². The fourth-order valence-electron chi connectivity index (χ4n) is 0.705. The van der Waals surface area contributed by atoms with Gasteiger partial charge in [-0.15, -0.1) is 0 Å². The molecule has 0 saturated carbocycles. The highest BCUT2D eigenvalue weighted by Gasteiger charge is 2.10. The molecule has 0 aromatic heterocycles. The van der Waals surface area contributed by atoms with Gasteiger partial charge in [0.25, 0.3) is 0 Å². The first-order valence-electron chi connectivity index (χ1n) is 3.35. The van der Waals surface area contributed by atoms with Gasteiger partial charge in [0, 0.05) is 12.0 Å². The van der Waals surface area contributed by atoms with E-state index in [1.54, 1.807) is 24.3 Å². The van der Waals surface area contributed by atoms with Crippen LogP contribution in [0.3, 0.4) is 0 Å². The maximum atomic E-state index is 11.0. The highest BCUT2D eigenvalue weighted by molar-refractivity contribution is 7.65. The van der Waals surface area contributed by atoms with Crippen molar-refractivity contribution in [2.45, 2.75) is 0 Å². The molecule has 1 unspecified atom stereocenters. The van der Waals surface area contributed by atoms with Crippen molar-refractivity contribution in [2.24, 2.45) is 0 Å². The first-order chi connectivity index (χ1) is 6.02. The maximum absolute atomic E-state index is 11.0. The van der Waals surface area contributed by atoms with Gasteiger partial charge < -0.3 is 9.79 Å². The Balaban J connectivity index is 0.000000424. The molecule has 0 heterocycles. The largest absolute Gasteiger partial charge is 0.341 e. The Morgan fingerprint density at radius 2 is 1.69 bits per heavy atom. The van der Waals surface area contributed by atoms with Crippen LogP contribution < -0.4 is 5.30 Å². The Bertz CT molecular complexity index is 293. The SMILES string of the molecule is CP(=O)(O)c1ccccc1.O=PO. The molecule has 1 aromatic rings. The molecular weight excluding hydrogens is 210 g/mol. The fraction of sp³-hybridized carbons (Fsp3) is 0.143. The fourth-order valence-corrected chi connectivity index (χ4v) is 1.43. The maximum Gasteiger partial charge on any atom is 0.324 e. The van der Waals surface area contributed by atoms with Crippen LogP contribution in [-0.4, -0.2) is 16.5 Å². The molecule has 2 N–H and O–H groups in total. The van der Waals surface area contributed by atoms with Crippen LogP contribution in [0.1, 0.15) is 0 Å². The van der Waals surface area contributed by atoms with Crippen molar-refractivity contribution in [1.29, 1.82) is 0 Å². The van der Waals surface area contributed by atoms with Gasteiger partial charge in [0.1, 0.15) is 0 Å². The van der Waals surface area contributed by atoms with Crippen LogP contribution in [0.4, 0.5) is 0 Å². The monoisotopic (exact) mass is 220 g/mol. The molecule has 6 heteroatoms. The number of rotatable bonds is 1. The summed E-state index contributed by atoms with van der Waals surface area (Å²) in [5.74, 6) is 0. The molecule has 0 saturated heterocycles. The quantitative estimate of drug-likeness (QED) is 0.701. The summed E-state index contributed by atoms with van der Waals surface area (Å²) in [5.41, 5.74) is 0. The van der Waals surface area contributed by atoms with Crippen LogP contribution in [0.5, 0.6) is 0 Å². The summed E-state index contributed by atoms with van der Waals surface area (Å²) in [5, 5.41) is 0.509. The highest BCUT2D eigenvalue weighted by atomic mass is 31.2. The molecule has 0 fully saturated rings. The first-order valence-corrected chi connectivity index (χ1v) is 6.22. The molecule has 0 bridgehead atoms. The van der Waals surface area contributed by atoms with E-state index in [1.807, 2.05) is 6.07 Å². The standard InChI is InChI=1S/C7H9O2P.HO2P/c1-10(8,9)7-5-3-2-4-6-7;1-3-2/h2-6H,1H3,(H,8,9);(H,1,2). The van der Waals surface area contributed by atoms with Crippen LogP contribution >= 0.6 is 16.1 Å². The Morgan fingerprint density at radius 3 is 1.92 bits per heavy atom. The second kappa shape index (κ2) is 6.01. The molecule has 0 aliphatic rings. The van der Waals surface area contributed by atoms with Crippen LogP contribution in [0.25, 0.3) is 0 Å². The zero-order valence-electron chi connectivity index (χ0n) is 6.99. The van der Waals surface area contributed by atoms with E-state index < -0.39 is 16.1 Å². The summed E-state index contributed by atoms with van der Waals surface area (Å²) in [6.07, 6.45) is 0. The van der Waals surface area contributed by atoms with E-state index in [9.17, 15) is 4.57 Å². The zero-order chi connectivity index (χ0) is 10.3. The van der Waals surface area contributed by atoms with Gasteiger partial charge in [-0.2, -0.15) is 0 Å². The average Bonchev–Trinajstić information content (AvgIpc) is 2.06. The van der Waals surface area contributed by atoms with E-state index in [1.165, 1.54) is 6.66 Å². The van der Waals surface area contributed by atoms with Gasteiger partial charge in [-0.05, 0) is 12.1 Å². The lowest BCUT2D eigenvalue weighted by atomic mass is 10.4. The summed E-state index contributed by atoms with van der Waals surface area (Å²) in [6, 6.07) is 8.63. The third-order valence-electron chi connectivity index (χ3n) is 1.24. The van der Waals surface area contributed by atoms with E-state index in [-0.39, 0.29) is 0 Å². The Hall–Kier alpha value is -0.530. The van der Waals surface area contributed by atoms with E-state index in [0.29, 0.717) is 5.30 Å². The molecule has 0 spiro atoms. The molecule has 0 radical (unpaired) electrons. The van der Waals surface area contributed by atoms with E-state index in [0.717, 1.165) is 0 Å². The van der Waals surface area contributed by atoms with Gasteiger partial charge in [0.15, 0.2) is 0 Å². The lowest BCUT2D eigenvalue weighted by Crippen LogP contribution is -2.00. The van der Waals surface area contributed by atoms with Gasteiger partial charge >= 0.3 is 8.69 Å². The van der Waals surface area contributed by atoms with Crippen molar-refractivity contribution in [3.05, 3.63) is 30.3 Å². The van der Waals surface area contributed by atoms with Crippen LogP contribution in [0, 0.1) is 0 Å². The Labute approximate surface area is 78.0 Å². The van der Waals surface area contributed by atoms with Crippen molar-refractivity contribution in [1.82, 2.24) is 0 Å². The summed E-state index contributed by atoms with van der Waals surface area (Å²) < 4.78 is 19.4. The number of hydrogen-bond donors (Lipinski definition) is 2. The van der Waals surface area contributed by atoms with Crippen LogP contribution in [0.15, 0.2) is 30.3 Å². The number of benzene rings is 1. The normalized spacial score (nSPS) is 14.1. The Kier molecular flexibility index (Phi) is 5.76. The van der Waals surface area contributed by atoms with Gasteiger partial charge in [-0.3, -0.25) is 4.57 Å². The first kappa shape index (κ1) is 12.5. The molecule has 0 aliphatic carbocycles. The second-order valence-corrected chi connectivity index (χ2v) is 4.73. The lowest BCUT2D eigenvalue weighted by Gasteiger charge is -2.02. The minimum atomic E-state index is -3.02. The second-order valence-electron chi connectivity index (χ2n) is 2.30. The predicted octanol–water partition coefficient (Wildman–Crippen LogP) is 1.40.